The second-order valence-corrected chi connectivity index (χ2v) is 4.52. The van der Waals surface area contributed by atoms with Gasteiger partial charge in [0.25, 0.3) is 5.17 Å². The van der Waals surface area contributed by atoms with Crippen molar-refractivity contribution in [3.05, 3.63) is 0 Å². The standard InChI is InChI=1S/C12H23NO3S/c1-5-7-8-16-11(14)13(9-10(3)4)12(17)15-6-2/h10H,5-9H2,1-4H3. The Bertz CT molecular complexity index is 244. The van der Waals surface area contributed by atoms with Gasteiger partial charge >= 0.3 is 6.09 Å². The Hall–Kier alpha value is -0.840. The lowest BCUT2D eigenvalue weighted by atomic mass is 10.2. The van der Waals surface area contributed by atoms with Crippen LogP contribution in [0.4, 0.5) is 4.79 Å². The summed E-state index contributed by atoms with van der Waals surface area (Å²) < 4.78 is 10.3. The Labute approximate surface area is 109 Å². The molecule has 0 spiro atoms. The minimum absolute atomic E-state index is 0.197. The third-order valence-corrected chi connectivity index (χ3v) is 2.32. The first kappa shape index (κ1) is 16.2. The molecule has 4 nitrogen and oxygen atoms in total. The van der Waals surface area contributed by atoms with Crippen LogP contribution in [0, 0.1) is 5.92 Å². The fourth-order valence-corrected chi connectivity index (χ4v) is 1.44. The Morgan fingerprint density at radius 2 is 1.94 bits per heavy atom. The fraction of sp³-hybridized carbons (Fsp3) is 0.833. The van der Waals surface area contributed by atoms with Gasteiger partial charge in [-0.15, -0.1) is 0 Å². The Morgan fingerprint density at radius 3 is 2.41 bits per heavy atom. The molecule has 0 aliphatic rings. The molecule has 0 N–H and O–H groups in total. The number of nitrogens with zero attached hydrogens (tertiary/aromatic N) is 1. The van der Waals surface area contributed by atoms with Crippen LogP contribution in [-0.4, -0.2) is 35.9 Å². The minimum Gasteiger partial charge on any atom is -0.471 e. The van der Waals surface area contributed by atoms with Gasteiger partial charge in [-0.3, -0.25) is 0 Å². The molecule has 0 aromatic rings. The molecule has 0 aromatic heterocycles. The monoisotopic (exact) mass is 261 g/mol. The molecule has 0 saturated carbocycles. The van der Waals surface area contributed by atoms with E-state index in [0.29, 0.717) is 25.7 Å². The SMILES string of the molecule is CCCCOC(=O)N(CC(C)C)C(=S)OCC. The van der Waals surface area contributed by atoms with Gasteiger partial charge in [-0.1, -0.05) is 27.2 Å². The largest absolute Gasteiger partial charge is 0.471 e. The van der Waals surface area contributed by atoms with Crippen molar-refractivity contribution in [3.8, 4) is 0 Å². The summed E-state index contributed by atoms with van der Waals surface area (Å²) in [5, 5.41) is 0.197. The van der Waals surface area contributed by atoms with Crippen LogP contribution in [0.5, 0.6) is 0 Å². The Morgan fingerprint density at radius 1 is 1.29 bits per heavy atom. The molecule has 0 bridgehead atoms. The quantitative estimate of drug-likeness (QED) is 0.543. The molecule has 100 valence electrons. The number of hydrogen-bond acceptors (Lipinski definition) is 4. The second-order valence-electron chi connectivity index (χ2n) is 4.17. The normalized spacial score (nSPS) is 10.2. The third-order valence-electron chi connectivity index (χ3n) is 1.98. The van der Waals surface area contributed by atoms with E-state index in [0.717, 1.165) is 12.8 Å². The highest BCUT2D eigenvalue weighted by Gasteiger charge is 2.21. The molecule has 0 radical (unpaired) electrons. The maximum Gasteiger partial charge on any atom is 0.417 e. The summed E-state index contributed by atoms with van der Waals surface area (Å²) in [5.74, 6) is 0.312. The second kappa shape index (κ2) is 9.22. The number of thiocarbonyl (C=S) groups is 1. The van der Waals surface area contributed by atoms with E-state index in [9.17, 15) is 4.79 Å². The number of unbranched alkanes of at least 4 members (excludes halogenated alkanes) is 1. The van der Waals surface area contributed by atoms with Gasteiger partial charge in [-0.05, 0) is 31.5 Å². The van der Waals surface area contributed by atoms with Crippen molar-refractivity contribution in [2.24, 2.45) is 5.92 Å². The average molecular weight is 261 g/mol. The van der Waals surface area contributed by atoms with Gasteiger partial charge in [-0.2, -0.15) is 0 Å². The van der Waals surface area contributed by atoms with E-state index in [1.165, 1.54) is 4.90 Å². The van der Waals surface area contributed by atoms with Gasteiger partial charge in [0, 0.05) is 6.54 Å². The van der Waals surface area contributed by atoms with Gasteiger partial charge in [0.1, 0.15) is 0 Å². The van der Waals surface area contributed by atoms with E-state index in [-0.39, 0.29) is 5.17 Å². The summed E-state index contributed by atoms with van der Waals surface area (Å²) in [6.07, 6.45) is 1.45. The zero-order valence-electron chi connectivity index (χ0n) is 11.2. The predicted octanol–water partition coefficient (Wildman–Crippen LogP) is 3.20. The summed E-state index contributed by atoms with van der Waals surface area (Å²) in [6, 6.07) is 0. The van der Waals surface area contributed by atoms with Gasteiger partial charge in [0.2, 0.25) is 0 Å². The van der Waals surface area contributed by atoms with Gasteiger partial charge < -0.3 is 9.47 Å². The Balaban J connectivity index is 4.34. The van der Waals surface area contributed by atoms with E-state index >= 15 is 0 Å². The smallest absolute Gasteiger partial charge is 0.417 e. The molecule has 1 amide bonds. The van der Waals surface area contributed by atoms with Crippen LogP contribution in [0.2, 0.25) is 0 Å². The van der Waals surface area contributed by atoms with Crippen LogP contribution in [0.25, 0.3) is 0 Å². The van der Waals surface area contributed by atoms with E-state index < -0.39 is 6.09 Å². The van der Waals surface area contributed by atoms with Gasteiger partial charge in [-0.25, -0.2) is 9.69 Å². The first-order valence-electron chi connectivity index (χ1n) is 6.13. The van der Waals surface area contributed by atoms with Crippen LogP contribution >= 0.6 is 12.2 Å². The maximum absolute atomic E-state index is 11.8. The average Bonchev–Trinajstić information content (AvgIpc) is 2.26. The first-order chi connectivity index (χ1) is 8.02. The van der Waals surface area contributed by atoms with Crippen molar-refractivity contribution in [1.82, 2.24) is 4.90 Å². The molecule has 0 heterocycles. The maximum atomic E-state index is 11.8. The summed E-state index contributed by atoms with van der Waals surface area (Å²) in [5.41, 5.74) is 0. The topological polar surface area (TPSA) is 38.8 Å². The molecule has 0 aliphatic carbocycles. The fourth-order valence-electron chi connectivity index (χ4n) is 1.17. The molecule has 0 atom stereocenters. The van der Waals surface area contributed by atoms with Gasteiger partial charge in [0.05, 0.1) is 13.2 Å². The van der Waals surface area contributed by atoms with Crippen LogP contribution in [0.3, 0.4) is 0 Å². The van der Waals surface area contributed by atoms with E-state index in [2.05, 4.69) is 0 Å². The van der Waals surface area contributed by atoms with Crippen LogP contribution in [0.1, 0.15) is 40.5 Å². The molecule has 0 unspecified atom stereocenters. The summed E-state index contributed by atoms with van der Waals surface area (Å²) in [4.78, 5) is 13.2. The highest BCUT2D eigenvalue weighted by atomic mass is 32.1. The molecule has 0 aromatic carbocycles. The van der Waals surface area contributed by atoms with Crippen LogP contribution in [0.15, 0.2) is 0 Å². The summed E-state index contributed by atoms with van der Waals surface area (Å²) >= 11 is 5.05. The molecule has 0 saturated heterocycles. The highest BCUT2D eigenvalue weighted by molar-refractivity contribution is 7.80. The first-order valence-corrected chi connectivity index (χ1v) is 6.54. The minimum atomic E-state index is -0.411. The number of carbonyl (C=O) groups excluding carboxylic acids is 1. The number of amides is 1. The van der Waals surface area contributed by atoms with Crippen LogP contribution in [-0.2, 0) is 9.47 Å². The Kier molecular flexibility index (Phi) is 8.76. The molecular weight excluding hydrogens is 238 g/mol. The van der Waals surface area contributed by atoms with Crippen LogP contribution < -0.4 is 0 Å². The lowest BCUT2D eigenvalue weighted by Gasteiger charge is -2.23. The van der Waals surface area contributed by atoms with Crippen molar-refractivity contribution in [1.29, 1.82) is 0 Å². The van der Waals surface area contributed by atoms with Crippen molar-refractivity contribution >= 4 is 23.5 Å². The van der Waals surface area contributed by atoms with Crippen molar-refractivity contribution in [2.75, 3.05) is 19.8 Å². The number of carbonyl (C=O) groups is 1. The lowest BCUT2D eigenvalue weighted by Crippen LogP contribution is -2.40. The number of hydrogen-bond donors (Lipinski definition) is 0. The van der Waals surface area contributed by atoms with Crippen molar-refractivity contribution < 1.29 is 14.3 Å². The summed E-state index contributed by atoms with van der Waals surface area (Å²) in [6.45, 7) is 9.31. The zero-order valence-corrected chi connectivity index (χ0v) is 12.0. The molecule has 5 heteroatoms. The predicted molar refractivity (Wildman–Crippen MR) is 72.0 cm³/mol. The molecular formula is C12H23NO3S. The zero-order chi connectivity index (χ0) is 13.3. The van der Waals surface area contributed by atoms with Crippen molar-refractivity contribution in [3.63, 3.8) is 0 Å². The third kappa shape index (κ3) is 7.15. The number of ether oxygens (including phenoxy) is 2. The molecule has 0 rings (SSSR count). The lowest BCUT2D eigenvalue weighted by molar-refractivity contribution is 0.110. The van der Waals surface area contributed by atoms with E-state index in [1.807, 2.05) is 27.7 Å². The molecule has 0 aliphatic heterocycles. The molecule has 17 heavy (non-hydrogen) atoms. The number of rotatable bonds is 6. The van der Waals surface area contributed by atoms with Crippen molar-refractivity contribution in [2.45, 2.75) is 40.5 Å². The van der Waals surface area contributed by atoms with Gasteiger partial charge in [0.15, 0.2) is 0 Å². The molecule has 0 fully saturated rings. The van der Waals surface area contributed by atoms with E-state index in [4.69, 9.17) is 21.7 Å². The van der Waals surface area contributed by atoms with E-state index in [1.54, 1.807) is 0 Å². The summed E-state index contributed by atoms with van der Waals surface area (Å²) in [7, 11) is 0. The highest BCUT2D eigenvalue weighted by Crippen LogP contribution is 2.05.